The van der Waals surface area contributed by atoms with Gasteiger partial charge in [0.25, 0.3) is 0 Å². The van der Waals surface area contributed by atoms with Crippen molar-refractivity contribution in [3.8, 4) is 16.8 Å². The number of nitrogens with zero attached hydrogens (tertiary/aromatic N) is 4. The number of imidazole rings is 1. The van der Waals surface area contributed by atoms with E-state index in [4.69, 9.17) is 23.2 Å². The maximum Gasteiger partial charge on any atom is 0.150 e. The van der Waals surface area contributed by atoms with Gasteiger partial charge in [0.2, 0.25) is 0 Å². The van der Waals surface area contributed by atoms with Gasteiger partial charge in [-0.15, -0.1) is 0 Å². The second-order valence-corrected chi connectivity index (χ2v) is 7.18. The lowest BCUT2D eigenvalue weighted by Crippen LogP contribution is -2.11. The minimum Gasteiger partial charge on any atom is -0.375 e. The Balaban J connectivity index is 1.46. The minimum atomic E-state index is -0.0400. The van der Waals surface area contributed by atoms with Crippen LogP contribution < -0.4 is 5.32 Å². The minimum absolute atomic E-state index is 0.0400. The molecule has 0 aliphatic rings. The van der Waals surface area contributed by atoms with Gasteiger partial charge in [-0.3, -0.25) is 0 Å². The Hall–Kier alpha value is -2.89. The van der Waals surface area contributed by atoms with E-state index in [1.807, 2.05) is 54.1 Å². The molecular formula is C21H17Cl2N5. The van der Waals surface area contributed by atoms with E-state index < -0.39 is 0 Å². The van der Waals surface area contributed by atoms with Crippen molar-refractivity contribution in [2.75, 3.05) is 5.32 Å². The zero-order chi connectivity index (χ0) is 19.5. The molecule has 4 rings (SSSR count). The number of benzene rings is 2. The average molecular weight is 410 g/mol. The summed E-state index contributed by atoms with van der Waals surface area (Å²) in [6.07, 6.45) is 8.86. The molecule has 140 valence electrons. The second-order valence-electron chi connectivity index (χ2n) is 6.34. The van der Waals surface area contributed by atoms with Gasteiger partial charge in [-0.05, 0) is 36.8 Å². The summed E-state index contributed by atoms with van der Waals surface area (Å²) in [7, 11) is 0. The first kappa shape index (κ1) is 18.5. The summed E-state index contributed by atoms with van der Waals surface area (Å²) < 4.78 is 1.86. The van der Waals surface area contributed by atoms with Crippen LogP contribution in [0.1, 0.15) is 18.8 Å². The first-order chi connectivity index (χ1) is 13.6. The largest absolute Gasteiger partial charge is 0.375 e. The molecule has 2 heterocycles. The molecule has 4 aromatic rings. The number of nitrogens with one attached hydrogen (secondary N) is 1. The van der Waals surface area contributed by atoms with Crippen molar-refractivity contribution in [2.24, 2.45) is 0 Å². The fraction of sp³-hybridized carbons (Fsp3) is 0.0952. The summed E-state index contributed by atoms with van der Waals surface area (Å²) in [4.78, 5) is 13.0. The highest BCUT2D eigenvalue weighted by Crippen LogP contribution is 2.31. The Labute approximate surface area is 173 Å². The van der Waals surface area contributed by atoms with E-state index in [0.717, 1.165) is 22.5 Å². The van der Waals surface area contributed by atoms with Gasteiger partial charge in [-0.25, -0.2) is 15.0 Å². The molecule has 0 aliphatic carbocycles. The molecule has 2 aromatic heterocycles. The van der Waals surface area contributed by atoms with Crippen molar-refractivity contribution in [3.63, 3.8) is 0 Å². The molecule has 5 nitrogen and oxygen atoms in total. The van der Waals surface area contributed by atoms with Crippen LogP contribution in [0.25, 0.3) is 16.8 Å². The third kappa shape index (κ3) is 4.01. The van der Waals surface area contributed by atoms with Crippen molar-refractivity contribution >= 4 is 28.9 Å². The van der Waals surface area contributed by atoms with E-state index in [-0.39, 0.29) is 6.04 Å². The monoisotopic (exact) mass is 409 g/mol. The van der Waals surface area contributed by atoms with E-state index in [1.54, 1.807) is 31.0 Å². The maximum absolute atomic E-state index is 6.30. The van der Waals surface area contributed by atoms with E-state index in [1.165, 1.54) is 0 Å². The second kappa shape index (κ2) is 8.00. The number of hydrogen-bond acceptors (Lipinski definition) is 4. The molecule has 0 aliphatic heterocycles. The summed E-state index contributed by atoms with van der Waals surface area (Å²) in [5.74, 6) is 0.716. The number of anilines is 1. The molecule has 1 N–H and O–H groups in total. The van der Waals surface area contributed by atoms with Crippen LogP contribution in [0.4, 0.5) is 5.69 Å². The zero-order valence-corrected chi connectivity index (χ0v) is 16.6. The molecule has 28 heavy (non-hydrogen) atoms. The van der Waals surface area contributed by atoms with E-state index >= 15 is 0 Å². The molecule has 0 bridgehead atoms. The summed E-state index contributed by atoms with van der Waals surface area (Å²) in [6.45, 7) is 2.02. The fourth-order valence-electron chi connectivity index (χ4n) is 2.88. The first-order valence-electron chi connectivity index (χ1n) is 8.72. The fourth-order valence-corrected chi connectivity index (χ4v) is 3.40. The highest BCUT2D eigenvalue weighted by Gasteiger charge is 2.10. The molecule has 0 radical (unpaired) electrons. The molecule has 0 fully saturated rings. The third-order valence-corrected chi connectivity index (χ3v) is 4.91. The Morgan fingerprint density at radius 1 is 1.00 bits per heavy atom. The van der Waals surface area contributed by atoms with Gasteiger partial charge >= 0.3 is 0 Å². The maximum atomic E-state index is 6.30. The topological polar surface area (TPSA) is 55.6 Å². The first-order valence-corrected chi connectivity index (χ1v) is 9.48. The number of aromatic nitrogens is 4. The molecular weight excluding hydrogens is 393 g/mol. The number of halogens is 2. The molecule has 1 unspecified atom stereocenters. The number of hydrogen-bond donors (Lipinski definition) is 1. The molecule has 0 saturated carbocycles. The predicted molar refractivity (Wildman–Crippen MR) is 113 cm³/mol. The van der Waals surface area contributed by atoms with Crippen LogP contribution in [0.5, 0.6) is 0 Å². The Morgan fingerprint density at radius 2 is 1.75 bits per heavy atom. The van der Waals surface area contributed by atoms with Gasteiger partial charge in [-0.1, -0.05) is 41.4 Å². The summed E-state index contributed by atoms with van der Waals surface area (Å²) >= 11 is 12.3. The lowest BCUT2D eigenvalue weighted by Gasteiger charge is -2.15. The van der Waals surface area contributed by atoms with Crippen LogP contribution in [0.15, 0.2) is 73.6 Å². The Morgan fingerprint density at radius 3 is 2.39 bits per heavy atom. The highest BCUT2D eigenvalue weighted by molar-refractivity contribution is 6.36. The van der Waals surface area contributed by atoms with E-state index in [9.17, 15) is 0 Å². The van der Waals surface area contributed by atoms with Gasteiger partial charge in [0.1, 0.15) is 5.82 Å². The van der Waals surface area contributed by atoms with Crippen LogP contribution in [0.2, 0.25) is 10.0 Å². The normalized spacial score (nSPS) is 12.0. The zero-order valence-electron chi connectivity index (χ0n) is 15.1. The van der Waals surface area contributed by atoms with Crippen LogP contribution >= 0.6 is 23.2 Å². The summed E-state index contributed by atoms with van der Waals surface area (Å²) in [6, 6.07) is 13.5. The molecule has 1 atom stereocenters. The lowest BCUT2D eigenvalue weighted by atomic mass is 10.1. The molecule has 0 saturated heterocycles. The standard InChI is InChI=1S/C21H17Cl2N5/c1-14(21-25-11-18(12-26-21)28-9-8-24-13-28)27-17-5-2-15(3-6-17)19-7-4-16(22)10-20(19)23/h2-14,27H,1H3. The quantitative estimate of drug-likeness (QED) is 0.451. The van der Waals surface area contributed by atoms with Gasteiger partial charge in [-0.2, -0.15) is 0 Å². The smallest absolute Gasteiger partial charge is 0.150 e. The van der Waals surface area contributed by atoms with Gasteiger partial charge in [0.15, 0.2) is 0 Å². The van der Waals surface area contributed by atoms with Crippen molar-refractivity contribution in [3.05, 3.63) is 89.4 Å². The average Bonchev–Trinajstić information content (AvgIpc) is 3.24. The Kier molecular flexibility index (Phi) is 5.28. The third-order valence-electron chi connectivity index (χ3n) is 4.36. The van der Waals surface area contributed by atoms with Crippen molar-refractivity contribution in [1.82, 2.24) is 19.5 Å². The summed E-state index contributed by atoms with van der Waals surface area (Å²) in [5.41, 5.74) is 3.83. The van der Waals surface area contributed by atoms with Crippen molar-refractivity contribution < 1.29 is 0 Å². The SMILES string of the molecule is CC(Nc1ccc(-c2ccc(Cl)cc2Cl)cc1)c1ncc(-n2ccnc2)cn1. The van der Waals surface area contributed by atoms with E-state index in [0.29, 0.717) is 15.9 Å². The van der Waals surface area contributed by atoms with Crippen molar-refractivity contribution in [1.29, 1.82) is 0 Å². The van der Waals surface area contributed by atoms with Gasteiger partial charge in [0, 0.05) is 33.7 Å². The van der Waals surface area contributed by atoms with Crippen LogP contribution in [0, 0.1) is 0 Å². The van der Waals surface area contributed by atoms with E-state index in [2.05, 4.69) is 20.3 Å². The van der Waals surface area contributed by atoms with Crippen LogP contribution in [-0.4, -0.2) is 19.5 Å². The number of rotatable bonds is 5. The van der Waals surface area contributed by atoms with Crippen molar-refractivity contribution in [2.45, 2.75) is 13.0 Å². The van der Waals surface area contributed by atoms with Gasteiger partial charge in [0.05, 0.1) is 30.5 Å². The molecule has 7 heteroatoms. The molecule has 2 aromatic carbocycles. The van der Waals surface area contributed by atoms with Crippen LogP contribution in [0.3, 0.4) is 0 Å². The molecule has 0 amide bonds. The predicted octanol–water partition coefficient (Wildman–Crippen LogP) is 5.81. The lowest BCUT2D eigenvalue weighted by molar-refractivity contribution is 0.783. The highest BCUT2D eigenvalue weighted by atomic mass is 35.5. The van der Waals surface area contributed by atoms with Crippen LogP contribution in [-0.2, 0) is 0 Å². The van der Waals surface area contributed by atoms with Gasteiger partial charge < -0.3 is 9.88 Å². The summed E-state index contributed by atoms with van der Waals surface area (Å²) in [5, 5.41) is 4.67. The Bertz CT molecular complexity index is 1060. The molecule has 0 spiro atoms.